The van der Waals surface area contributed by atoms with Gasteiger partial charge in [0.15, 0.2) is 0 Å². The predicted octanol–water partition coefficient (Wildman–Crippen LogP) is 3.09. The molecule has 0 radical (unpaired) electrons. The van der Waals surface area contributed by atoms with Crippen molar-refractivity contribution in [2.75, 3.05) is 0 Å². The second kappa shape index (κ2) is 6.89. The van der Waals surface area contributed by atoms with E-state index in [2.05, 4.69) is 10.3 Å². The molecule has 0 saturated carbocycles. The van der Waals surface area contributed by atoms with Crippen LogP contribution in [0.2, 0.25) is 5.02 Å². The highest BCUT2D eigenvalue weighted by molar-refractivity contribution is 6.30. The molecule has 21 heavy (non-hydrogen) atoms. The highest BCUT2D eigenvalue weighted by Crippen LogP contribution is 2.25. The van der Waals surface area contributed by atoms with Gasteiger partial charge in [0.1, 0.15) is 5.75 Å². The van der Waals surface area contributed by atoms with E-state index in [4.69, 9.17) is 11.6 Å². The van der Waals surface area contributed by atoms with Gasteiger partial charge < -0.3 is 15.5 Å². The summed E-state index contributed by atoms with van der Waals surface area (Å²) in [6, 6.07) is 7.71. The minimum Gasteiger partial charge on any atom is -0.506 e. The van der Waals surface area contributed by atoms with Crippen molar-refractivity contribution in [2.45, 2.75) is 33.0 Å². The number of aryl methyl sites for hydroxylation is 1. The van der Waals surface area contributed by atoms with Crippen molar-refractivity contribution in [2.24, 2.45) is 0 Å². The Bertz CT molecular complexity index is 632. The van der Waals surface area contributed by atoms with E-state index >= 15 is 0 Å². The zero-order valence-corrected chi connectivity index (χ0v) is 12.9. The fraction of sp³-hybridized carbons (Fsp3) is 0.312. The molecule has 0 aliphatic rings. The van der Waals surface area contributed by atoms with Gasteiger partial charge >= 0.3 is 0 Å². The number of hydrogen-bond acceptors (Lipinski definition) is 4. The average molecular weight is 307 g/mol. The third kappa shape index (κ3) is 3.73. The number of aliphatic hydroxyl groups is 1. The molecule has 0 fully saturated rings. The predicted molar refractivity (Wildman–Crippen MR) is 83.3 cm³/mol. The first-order valence-corrected chi connectivity index (χ1v) is 7.16. The molecule has 0 amide bonds. The van der Waals surface area contributed by atoms with Crippen molar-refractivity contribution >= 4 is 11.6 Å². The van der Waals surface area contributed by atoms with E-state index in [-0.39, 0.29) is 18.4 Å². The molecule has 2 aromatic rings. The lowest BCUT2D eigenvalue weighted by atomic mass is 10.1. The van der Waals surface area contributed by atoms with E-state index in [0.717, 1.165) is 5.56 Å². The molecule has 5 heteroatoms. The fourth-order valence-electron chi connectivity index (χ4n) is 2.17. The van der Waals surface area contributed by atoms with E-state index in [1.807, 2.05) is 31.2 Å². The van der Waals surface area contributed by atoms with Crippen LogP contribution in [-0.4, -0.2) is 15.2 Å². The van der Waals surface area contributed by atoms with Crippen LogP contribution in [0.4, 0.5) is 0 Å². The fourth-order valence-corrected chi connectivity index (χ4v) is 2.37. The SMILES string of the molecule is Cc1ncc(CO)c(CNC(C)c2cccc(Cl)c2)c1O. The number of hydrogen-bond donors (Lipinski definition) is 3. The maximum atomic E-state index is 10.1. The topological polar surface area (TPSA) is 65.4 Å². The zero-order chi connectivity index (χ0) is 15.4. The third-order valence-electron chi connectivity index (χ3n) is 3.53. The monoisotopic (exact) mass is 306 g/mol. The Morgan fingerprint density at radius 1 is 1.38 bits per heavy atom. The van der Waals surface area contributed by atoms with Gasteiger partial charge in [0.25, 0.3) is 0 Å². The van der Waals surface area contributed by atoms with Gasteiger partial charge in [0.05, 0.1) is 12.3 Å². The summed E-state index contributed by atoms with van der Waals surface area (Å²) in [6.07, 6.45) is 1.59. The first kappa shape index (κ1) is 15.8. The zero-order valence-electron chi connectivity index (χ0n) is 12.1. The van der Waals surface area contributed by atoms with Crippen LogP contribution < -0.4 is 5.32 Å². The number of aromatic nitrogens is 1. The molecule has 2 rings (SSSR count). The molecular formula is C16H19ClN2O2. The summed E-state index contributed by atoms with van der Waals surface area (Å²) in [7, 11) is 0. The molecule has 1 aromatic heterocycles. The Hall–Kier alpha value is -1.62. The Labute approximate surface area is 129 Å². The quantitative estimate of drug-likeness (QED) is 0.794. The lowest BCUT2D eigenvalue weighted by Gasteiger charge is -2.17. The van der Waals surface area contributed by atoms with Gasteiger partial charge in [-0.15, -0.1) is 0 Å². The van der Waals surface area contributed by atoms with E-state index in [1.54, 1.807) is 13.1 Å². The Balaban J connectivity index is 2.14. The Kier molecular flexibility index (Phi) is 5.17. The average Bonchev–Trinajstić information content (AvgIpc) is 2.48. The second-order valence-electron chi connectivity index (χ2n) is 5.01. The van der Waals surface area contributed by atoms with Gasteiger partial charge in [-0.05, 0) is 31.5 Å². The summed E-state index contributed by atoms with van der Waals surface area (Å²) in [6.45, 7) is 4.05. The third-order valence-corrected chi connectivity index (χ3v) is 3.77. The maximum absolute atomic E-state index is 10.1. The summed E-state index contributed by atoms with van der Waals surface area (Å²) in [5, 5.41) is 23.5. The van der Waals surface area contributed by atoms with Crippen LogP contribution in [0.15, 0.2) is 30.5 Å². The van der Waals surface area contributed by atoms with Crippen LogP contribution in [0.1, 0.15) is 35.3 Å². The first-order valence-electron chi connectivity index (χ1n) is 6.79. The van der Waals surface area contributed by atoms with Crippen molar-refractivity contribution in [3.05, 3.63) is 57.9 Å². The van der Waals surface area contributed by atoms with Gasteiger partial charge in [-0.1, -0.05) is 23.7 Å². The molecule has 1 atom stereocenters. The Morgan fingerprint density at radius 2 is 2.14 bits per heavy atom. The highest BCUT2D eigenvalue weighted by Gasteiger charge is 2.13. The van der Waals surface area contributed by atoms with Gasteiger partial charge in [-0.25, -0.2) is 0 Å². The molecule has 0 aliphatic carbocycles. The normalized spacial score (nSPS) is 12.4. The van der Waals surface area contributed by atoms with Crippen molar-refractivity contribution in [3.8, 4) is 5.75 Å². The lowest BCUT2D eigenvalue weighted by molar-refractivity contribution is 0.278. The van der Waals surface area contributed by atoms with Crippen molar-refractivity contribution in [3.63, 3.8) is 0 Å². The maximum Gasteiger partial charge on any atom is 0.141 e. The minimum absolute atomic E-state index is 0.0723. The number of aliphatic hydroxyl groups excluding tert-OH is 1. The molecular weight excluding hydrogens is 288 g/mol. The molecule has 0 bridgehead atoms. The van der Waals surface area contributed by atoms with Crippen LogP contribution in [0.25, 0.3) is 0 Å². The molecule has 1 aromatic carbocycles. The first-order chi connectivity index (χ1) is 10.0. The van der Waals surface area contributed by atoms with E-state index in [9.17, 15) is 10.2 Å². The largest absolute Gasteiger partial charge is 0.506 e. The Morgan fingerprint density at radius 3 is 2.81 bits per heavy atom. The van der Waals surface area contributed by atoms with Crippen molar-refractivity contribution in [1.29, 1.82) is 0 Å². The lowest BCUT2D eigenvalue weighted by Crippen LogP contribution is -2.19. The molecule has 1 unspecified atom stereocenters. The molecule has 3 N–H and O–H groups in total. The summed E-state index contributed by atoms with van der Waals surface area (Å²) in [5.74, 6) is 0.132. The van der Waals surface area contributed by atoms with Crippen LogP contribution in [-0.2, 0) is 13.2 Å². The highest BCUT2D eigenvalue weighted by atomic mass is 35.5. The number of aromatic hydroxyl groups is 1. The smallest absolute Gasteiger partial charge is 0.141 e. The molecule has 0 spiro atoms. The van der Waals surface area contributed by atoms with E-state index in [0.29, 0.717) is 28.4 Å². The number of rotatable bonds is 5. The van der Waals surface area contributed by atoms with E-state index < -0.39 is 0 Å². The van der Waals surface area contributed by atoms with Crippen LogP contribution in [0, 0.1) is 6.92 Å². The van der Waals surface area contributed by atoms with Crippen LogP contribution in [0.5, 0.6) is 5.75 Å². The summed E-state index contributed by atoms with van der Waals surface area (Å²) < 4.78 is 0. The van der Waals surface area contributed by atoms with Crippen LogP contribution >= 0.6 is 11.6 Å². The molecule has 4 nitrogen and oxygen atoms in total. The number of nitrogens with zero attached hydrogens (tertiary/aromatic N) is 1. The molecule has 0 saturated heterocycles. The number of halogens is 1. The summed E-state index contributed by atoms with van der Waals surface area (Å²) >= 11 is 5.99. The van der Waals surface area contributed by atoms with Crippen molar-refractivity contribution in [1.82, 2.24) is 10.3 Å². The van der Waals surface area contributed by atoms with Crippen LogP contribution in [0.3, 0.4) is 0 Å². The van der Waals surface area contributed by atoms with Gasteiger partial charge in [0, 0.05) is 34.9 Å². The number of pyridine rings is 1. The van der Waals surface area contributed by atoms with Gasteiger partial charge in [0.2, 0.25) is 0 Å². The minimum atomic E-state index is -0.149. The van der Waals surface area contributed by atoms with Crippen molar-refractivity contribution < 1.29 is 10.2 Å². The molecule has 0 aliphatic heterocycles. The standard InChI is InChI=1S/C16H19ClN2O2/c1-10(12-4-3-5-14(17)6-12)19-8-15-13(9-20)7-18-11(2)16(15)21/h3-7,10,19-21H,8-9H2,1-2H3. The number of benzene rings is 1. The van der Waals surface area contributed by atoms with Gasteiger partial charge in [-0.2, -0.15) is 0 Å². The molecule has 112 valence electrons. The molecule has 1 heterocycles. The number of nitrogens with one attached hydrogen (secondary N) is 1. The van der Waals surface area contributed by atoms with Gasteiger partial charge in [-0.3, -0.25) is 4.98 Å². The summed E-state index contributed by atoms with van der Waals surface area (Å²) in [5.41, 5.74) is 2.93. The summed E-state index contributed by atoms with van der Waals surface area (Å²) in [4.78, 5) is 4.05. The van der Waals surface area contributed by atoms with E-state index in [1.165, 1.54) is 0 Å². The second-order valence-corrected chi connectivity index (χ2v) is 5.45.